The Morgan fingerprint density at radius 3 is 3.26 bits per heavy atom. The molecule has 2 heterocycles. The average molecular weight is 262 g/mol. The number of aromatic nitrogens is 1. The number of anilines is 1. The number of nitrogens with two attached hydrogens (primary N) is 1. The molecule has 2 aliphatic rings. The van der Waals surface area contributed by atoms with E-state index in [1.54, 1.807) is 18.5 Å². The van der Waals surface area contributed by atoms with E-state index in [9.17, 15) is 4.79 Å². The van der Waals surface area contributed by atoms with Gasteiger partial charge in [-0.15, -0.1) is 0 Å². The highest BCUT2D eigenvalue weighted by Crippen LogP contribution is 2.31. The number of hydrogen-bond donors (Lipinski definition) is 2. The van der Waals surface area contributed by atoms with Crippen molar-refractivity contribution in [1.82, 2.24) is 9.88 Å². The predicted octanol–water partition coefficient (Wildman–Crippen LogP) is 0.761. The zero-order chi connectivity index (χ0) is 13.2. The molecular formula is C13H18N4O2. The first-order valence-corrected chi connectivity index (χ1v) is 6.64. The van der Waals surface area contributed by atoms with Gasteiger partial charge in [0, 0.05) is 18.9 Å². The summed E-state index contributed by atoms with van der Waals surface area (Å²) in [6.45, 7) is 1.25. The van der Waals surface area contributed by atoms with Gasteiger partial charge in [-0.25, -0.2) is 0 Å². The third-order valence-corrected chi connectivity index (χ3v) is 3.95. The highest BCUT2D eigenvalue weighted by atomic mass is 16.5. The van der Waals surface area contributed by atoms with Crippen LogP contribution in [0.1, 0.15) is 29.6 Å². The molecule has 0 bridgehead atoms. The fourth-order valence-corrected chi connectivity index (χ4v) is 3.02. The van der Waals surface area contributed by atoms with E-state index in [1.165, 1.54) is 0 Å². The molecular weight excluding hydrogens is 244 g/mol. The molecule has 1 aromatic rings. The van der Waals surface area contributed by atoms with E-state index in [-0.39, 0.29) is 18.1 Å². The van der Waals surface area contributed by atoms with Crippen molar-refractivity contribution in [2.75, 3.05) is 18.6 Å². The number of nitrogens with one attached hydrogen (secondary N) is 1. The Morgan fingerprint density at radius 2 is 2.42 bits per heavy atom. The molecule has 102 valence electrons. The topological polar surface area (TPSA) is 80.5 Å². The van der Waals surface area contributed by atoms with Crippen molar-refractivity contribution >= 4 is 11.6 Å². The van der Waals surface area contributed by atoms with Crippen LogP contribution < -0.4 is 11.3 Å². The molecule has 1 saturated carbocycles. The van der Waals surface area contributed by atoms with Gasteiger partial charge in [-0.1, -0.05) is 0 Å². The van der Waals surface area contributed by atoms with Gasteiger partial charge in [-0.05, 0) is 25.3 Å². The lowest BCUT2D eigenvalue weighted by Gasteiger charge is -2.37. The van der Waals surface area contributed by atoms with E-state index < -0.39 is 0 Å². The quantitative estimate of drug-likeness (QED) is 0.607. The monoisotopic (exact) mass is 262 g/mol. The second-order valence-corrected chi connectivity index (χ2v) is 4.97. The van der Waals surface area contributed by atoms with E-state index in [0.29, 0.717) is 24.4 Å². The molecule has 0 radical (unpaired) electrons. The van der Waals surface area contributed by atoms with Gasteiger partial charge in [0.15, 0.2) is 0 Å². The number of morpholine rings is 1. The number of hydrazine groups is 1. The van der Waals surface area contributed by atoms with E-state index in [1.807, 2.05) is 4.90 Å². The first kappa shape index (κ1) is 12.4. The Bertz CT molecular complexity index is 479. The van der Waals surface area contributed by atoms with Crippen molar-refractivity contribution in [2.45, 2.75) is 31.4 Å². The fraction of sp³-hybridized carbons (Fsp3) is 0.538. The zero-order valence-corrected chi connectivity index (χ0v) is 10.7. The lowest BCUT2D eigenvalue weighted by atomic mass is 10.1. The molecule has 3 N–H and O–H groups in total. The average Bonchev–Trinajstić information content (AvgIpc) is 2.94. The first-order valence-electron chi connectivity index (χ1n) is 6.64. The van der Waals surface area contributed by atoms with Gasteiger partial charge in [0.1, 0.15) is 0 Å². The summed E-state index contributed by atoms with van der Waals surface area (Å²) in [6, 6.07) is 1.91. The van der Waals surface area contributed by atoms with Crippen LogP contribution in [0, 0.1) is 0 Å². The minimum Gasteiger partial charge on any atom is -0.374 e. The number of hydrogen-bond acceptors (Lipinski definition) is 5. The van der Waals surface area contributed by atoms with Crippen LogP contribution in [0.3, 0.4) is 0 Å². The highest BCUT2D eigenvalue weighted by molar-refractivity contribution is 5.99. The lowest BCUT2D eigenvalue weighted by Crippen LogP contribution is -2.51. The summed E-state index contributed by atoms with van der Waals surface area (Å²) in [6.07, 6.45) is 6.56. The van der Waals surface area contributed by atoms with Crippen LogP contribution in [-0.2, 0) is 4.74 Å². The second kappa shape index (κ2) is 5.14. The molecule has 1 saturated heterocycles. The summed E-state index contributed by atoms with van der Waals surface area (Å²) in [4.78, 5) is 18.6. The molecule has 2 fully saturated rings. The van der Waals surface area contributed by atoms with Gasteiger partial charge >= 0.3 is 0 Å². The van der Waals surface area contributed by atoms with Crippen molar-refractivity contribution < 1.29 is 9.53 Å². The van der Waals surface area contributed by atoms with E-state index in [2.05, 4.69) is 10.4 Å². The van der Waals surface area contributed by atoms with E-state index in [4.69, 9.17) is 10.6 Å². The Morgan fingerprint density at radius 1 is 1.53 bits per heavy atom. The van der Waals surface area contributed by atoms with Crippen LogP contribution in [-0.4, -0.2) is 41.1 Å². The Hall–Kier alpha value is -1.66. The predicted molar refractivity (Wildman–Crippen MR) is 70.5 cm³/mol. The summed E-state index contributed by atoms with van der Waals surface area (Å²) in [7, 11) is 0. The molecule has 0 spiro atoms. The fourth-order valence-electron chi connectivity index (χ4n) is 3.02. The van der Waals surface area contributed by atoms with Gasteiger partial charge in [0.25, 0.3) is 5.91 Å². The molecule has 3 rings (SSSR count). The largest absolute Gasteiger partial charge is 0.374 e. The Labute approximate surface area is 111 Å². The molecule has 1 aliphatic heterocycles. The minimum absolute atomic E-state index is 0.0127. The maximum absolute atomic E-state index is 12.7. The third-order valence-electron chi connectivity index (χ3n) is 3.95. The van der Waals surface area contributed by atoms with Crippen molar-refractivity contribution in [1.29, 1.82) is 0 Å². The molecule has 6 heteroatoms. The smallest absolute Gasteiger partial charge is 0.257 e. The van der Waals surface area contributed by atoms with Gasteiger partial charge < -0.3 is 15.1 Å². The second-order valence-electron chi connectivity index (χ2n) is 4.97. The summed E-state index contributed by atoms with van der Waals surface area (Å²) in [5, 5.41) is 0. The van der Waals surface area contributed by atoms with E-state index in [0.717, 1.165) is 19.3 Å². The highest BCUT2D eigenvalue weighted by Gasteiger charge is 2.39. The summed E-state index contributed by atoms with van der Waals surface area (Å²) in [5.74, 6) is 5.44. The molecule has 2 unspecified atom stereocenters. The SMILES string of the molecule is NNc1ccncc1C(=O)N1CCOC2CCCC21. The number of amides is 1. The van der Waals surface area contributed by atoms with Crippen LogP contribution in [0.25, 0.3) is 0 Å². The zero-order valence-electron chi connectivity index (χ0n) is 10.7. The van der Waals surface area contributed by atoms with Crippen molar-refractivity contribution in [3.63, 3.8) is 0 Å². The Kier molecular flexibility index (Phi) is 3.35. The molecule has 19 heavy (non-hydrogen) atoms. The number of nitrogen functional groups attached to an aromatic ring is 1. The lowest BCUT2D eigenvalue weighted by molar-refractivity contribution is -0.0445. The number of fused-ring (bicyclic) bond motifs is 1. The third kappa shape index (κ3) is 2.17. The van der Waals surface area contributed by atoms with Gasteiger partial charge in [0.2, 0.25) is 0 Å². The maximum atomic E-state index is 12.7. The molecule has 6 nitrogen and oxygen atoms in total. The van der Waals surface area contributed by atoms with Crippen LogP contribution >= 0.6 is 0 Å². The van der Waals surface area contributed by atoms with Crippen LogP contribution in [0.15, 0.2) is 18.5 Å². The number of carbonyl (C=O) groups is 1. The van der Waals surface area contributed by atoms with Gasteiger partial charge in [0.05, 0.1) is 30.0 Å². The van der Waals surface area contributed by atoms with Crippen LogP contribution in [0.5, 0.6) is 0 Å². The molecule has 2 atom stereocenters. The molecule has 0 aromatic carbocycles. The van der Waals surface area contributed by atoms with Crippen molar-refractivity contribution in [3.8, 4) is 0 Å². The van der Waals surface area contributed by atoms with Crippen LogP contribution in [0.2, 0.25) is 0 Å². The minimum atomic E-state index is -0.0127. The van der Waals surface area contributed by atoms with Crippen molar-refractivity contribution in [3.05, 3.63) is 24.0 Å². The molecule has 1 aromatic heterocycles. The Balaban J connectivity index is 1.86. The van der Waals surface area contributed by atoms with Gasteiger partial charge in [-0.2, -0.15) is 0 Å². The first-order chi connectivity index (χ1) is 9.31. The maximum Gasteiger partial charge on any atom is 0.257 e. The standard InChI is InChI=1S/C13H18N4O2/c14-16-10-4-5-15-8-9(10)13(18)17-6-7-19-12-3-1-2-11(12)17/h4-5,8,11-12H,1-3,6-7,14H2,(H,15,16). The molecule has 1 aliphatic carbocycles. The normalized spacial score (nSPS) is 26.1. The number of ether oxygens (including phenoxy) is 1. The number of nitrogens with zero attached hydrogens (tertiary/aromatic N) is 2. The number of rotatable bonds is 2. The summed E-state index contributed by atoms with van der Waals surface area (Å²) in [5.41, 5.74) is 3.69. The summed E-state index contributed by atoms with van der Waals surface area (Å²) < 4.78 is 5.72. The van der Waals surface area contributed by atoms with Crippen molar-refractivity contribution in [2.24, 2.45) is 5.84 Å². The number of pyridine rings is 1. The molecule has 1 amide bonds. The van der Waals surface area contributed by atoms with Gasteiger partial charge in [-0.3, -0.25) is 15.6 Å². The van der Waals surface area contributed by atoms with Crippen LogP contribution in [0.4, 0.5) is 5.69 Å². The number of carbonyl (C=O) groups excluding carboxylic acids is 1. The summed E-state index contributed by atoms with van der Waals surface area (Å²) >= 11 is 0. The van der Waals surface area contributed by atoms with E-state index >= 15 is 0 Å².